The Morgan fingerprint density at radius 1 is 1.30 bits per heavy atom. The van der Waals surface area contributed by atoms with E-state index in [-0.39, 0.29) is 53.5 Å². The molecule has 4 aromatic rings. The zero-order valence-corrected chi connectivity index (χ0v) is 22.3. The van der Waals surface area contributed by atoms with E-state index >= 15 is 4.39 Å². The van der Waals surface area contributed by atoms with Gasteiger partial charge in [0.15, 0.2) is 5.82 Å². The minimum atomic E-state index is -3.83. The van der Waals surface area contributed by atoms with Gasteiger partial charge in [-0.1, -0.05) is 24.6 Å². The van der Waals surface area contributed by atoms with Crippen molar-refractivity contribution in [3.63, 3.8) is 0 Å². The van der Waals surface area contributed by atoms with E-state index in [2.05, 4.69) is 15.3 Å². The molecule has 1 N–H and O–H groups in total. The Morgan fingerprint density at radius 3 is 2.62 bits per heavy atom. The molecule has 0 aliphatic heterocycles. The lowest BCUT2D eigenvalue weighted by molar-refractivity contribution is 0.0636. The molecular weight excluding hydrogens is 546 g/mol. The molecule has 0 aliphatic rings. The van der Waals surface area contributed by atoms with Crippen LogP contribution >= 0.6 is 22.9 Å². The van der Waals surface area contributed by atoms with Crippen molar-refractivity contribution in [1.29, 1.82) is 5.26 Å². The first-order valence-electron chi connectivity index (χ1n) is 10.8. The van der Waals surface area contributed by atoms with E-state index in [0.29, 0.717) is 0 Å². The summed E-state index contributed by atoms with van der Waals surface area (Å²) in [6.45, 7) is 6.38. The summed E-state index contributed by atoms with van der Waals surface area (Å²) in [5.74, 6) is -1.96. The smallest absolute Gasteiger partial charge is 0.412 e. The van der Waals surface area contributed by atoms with Crippen molar-refractivity contribution in [2.24, 2.45) is 0 Å². The minimum Gasteiger partial charge on any atom is -0.444 e. The van der Waals surface area contributed by atoms with E-state index in [1.807, 2.05) is 6.07 Å². The highest BCUT2D eigenvalue weighted by molar-refractivity contribution is 7.91. The third-order valence-corrected chi connectivity index (χ3v) is 8.11. The number of rotatable bonds is 4. The Labute approximate surface area is 219 Å². The number of halogens is 3. The number of sulfone groups is 1. The topological polar surface area (TPSA) is 122 Å². The second-order valence-corrected chi connectivity index (χ2v) is 12.5. The van der Waals surface area contributed by atoms with E-state index in [4.69, 9.17) is 16.3 Å². The number of hydrogen-bond acceptors (Lipinski definition) is 8. The van der Waals surface area contributed by atoms with Gasteiger partial charge < -0.3 is 4.74 Å². The van der Waals surface area contributed by atoms with Gasteiger partial charge in [-0.25, -0.2) is 32.0 Å². The van der Waals surface area contributed by atoms with Crippen molar-refractivity contribution in [2.75, 3.05) is 11.1 Å². The molecule has 2 aromatic carbocycles. The Bertz CT molecular complexity index is 1740. The monoisotopic (exact) mass is 564 g/mol. The van der Waals surface area contributed by atoms with Crippen LogP contribution in [0.2, 0.25) is 5.02 Å². The summed E-state index contributed by atoms with van der Waals surface area (Å²) >= 11 is 7.21. The highest BCUT2D eigenvalue weighted by atomic mass is 35.5. The first kappa shape index (κ1) is 26.7. The number of nitriles is 1. The molecule has 0 saturated carbocycles. The largest absolute Gasteiger partial charge is 0.444 e. The molecule has 0 spiro atoms. The van der Waals surface area contributed by atoms with Crippen molar-refractivity contribution < 1.29 is 26.7 Å². The van der Waals surface area contributed by atoms with Crippen LogP contribution in [0.1, 0.15) is 33.3 Å². The van der Waals surface area contributed by atoms with Crippen molar-refractivity contribution in [2.45, 2.75) is 38.5 Å². The number of amides is 1. The van der Waals surface area contributed by atoms with Crippen LogP contribution in [0.4, 0.5) is 18.6 Å². The van der Waals surface area contributed by atoms with Gasteiger partial charge in [0, 0.05) is 22.5 Å². The number of anilines is 1. The molecule has 0 aliphatic carbocycles. The number of nitrogens with zero attached hydrogens (tertiary/aromatic N) is 3. The summed E-state index contributed by atoms with van der Waals surface area (Å²) in [6.07, 6.45) is 0.298. The second-order valence-electron chi connectivity index (χ2n) is 8.89. The number of benzene rings is 2. The molecule has 2 aromatic heterocycles. The number of carbonyl (C=O) groups excluding carboxylic acids is 1. The highest BCUT2D eigenvalue weighted by Gasteiger charge is 2.26. The number of hydrogen-bond donors (Lipinski definition) is 1. The van der Waals surface area contributed by atoms with E-state index in [9.17, 15) is 22.9 Å². The second kappa shape index (κ2) is 9.48. The summed E-state index contributed by atoms with van der Waals surface area (Å²) in [6, 6.07) is 5.63. The highest BCUT2D eigenvalue weighted by Crippen LogP contribution is 2.45. The third kappa shape index (κ3) is 4.94. The van der Waals surface area contributed by atoms with Gasteiger partial charge >= 0.3 is 6.09 Å². The van der Waals surface area contributed by atoms with Gasteiger partial charge in [-0.3, -0.25) is 5.32 Å². The summed E-state index contributed by atoms with van der Waals surface area (Å²) in [5, 5.41) is 11.9. The van der Waals surface area contributed by atoms with Crippen LogP contribution in [-0.4, -0.2) is 35.8 Å². The SMILES string of the molecule is CCS(=O)(=O)c1ncc2cc(Cl)c(-c3ccc(F)c4sc(NC(=O)OC(C)(C)C)c(C#N)c34)c(F)c2n1. The molecule has 1 amide bonds. The Morgan fingerprint density at radius 2 is 2.00 bits per heavy atom. The van der Waals surface area contributed by atoms with E-state index in [0.717, 1.165) is 23.6 Å². The van der Waals surface area contributed by atoms with Crippen LogP contribution in [0.25, 0.3) is 32.1 Å². The van der Waals surface area contributed by atoms with Crippen LogP contribution in [-0.2, 0) is 14.6 Å². The molecular formula is C24H19ClF2N4O4S2. The quantitative estimate of drug-likeness (QED) is 0.282. The first-order valence-corrected chi connectivity index (χ1v) is 13.6. The van der Waals surface area contributed by atoms with Gasteiger partial charge in [-0.05, 0) is 38.5 Å². The van der Waals surface area contributed by atoms with Gasteiger partial charge in [-0.15, -0.1) is 11.3 Å². The lowest BCUT2D eigenvalue weighted by Crippen LogP contribution is -2.27. The van der Waals surface area contributed by atoms with Gasteiger partial charge in [0.05, 0.1) is 21.0 Å². The van der Waals surface area contributed by atoms with E-state index < -0.39 is 38.3 Å². The predicted molar refractivity (Wildman–Crippen MR) is 138 cm³/mol. The van der Waals surface area contributed by atoms with E-state index in [1.165, 1.54) is 19.1 Å². The normalized spacial score (nSPS) is 12.1. The third-order valence-electron chi connectivity index (χ3n) is 5.19. The molecule has 0 bridgehead atoms. The van der Waals surface area contributed by atoms with Gasteiger partial charge in [0.1, 0.15) is 28.0 Å². The van der Waals surface area contributed by atoms with Crippen LogP contribution in [0.5, 0.6) is 0 Å². The summed E-state index contributed by atoms with van der Waals surface area (Å²) < 4.78 is 60.5. The molecule has 0 saturated heterocycles. The number of ether oxygens (including phenoxy) is 1. The minimum absolute atomic E-state index is 0.00840. The number of fused-ring (bicyclic) bond motifs is 2. The Kier molecular flexibility index (Phi) is 6.83. The number of aromatic nitrogens is 2. The summed E-state index contributed by atoms with van der Waals surface area (Å²) in [5.41, 5.74) is -1.40. The lowest BCUT2D eigenvalue weighted by Gasteiger charge is -2.19. The van der Waals surface area contributed by atoms with Crippen LogP contribution in [0.3, 0.4) is 0 Å². The van der Waals surface area contributed by atoms with Gasteiger partial charge in [-0.2, -0.15) is 5.26 Å². The van der Waals surface area contributed by atoms with E-state index in [1.54, 1.807) is 20.8 Å². The Balaban J connectivity index is 1.98. The van der Waals surface area contributed by atoms with Crippen molar-refractivity contribution in [3.8, 4) is 17.2 Å². The molecule has 37 heavy (non-hydrogen) atoms. The number of nitrogens with one attached hydrogen (secondary N) is 1. The molecule has 4 rings (SSSR count). The van der Waals surface area contributed by atoms with Crippen LogP contribution in [0, 0.1) is 23.0 Å². The van der Waals surface area contributed by atoms with Crippen LogP contribution < -0.4 is 5.32 Å². The molecule has 2 heterocycles. The summed E-state index contributed by atoms with van der Waals surface area (Å²) in [7, 11) is -3.83. The maximum absolute atomic E-state index is 15.9. The average Bonchev–Trinajstić information content (AvgIpc) is 3.17. The lowest BCUT2D eigenvalue weighted by atomic mass is 9.97. The average molecular weight is 565 g/mol. The van der Waals surface area contributed by atoms with Crippen molar-refractivity contribution >= 4 is 64.9 Å². The molecule has 13 heteroatoms. The first-order chi connectivity index (χ1) is 17.3. The molecule has 0 fully saturated rings. The zero-order chi connectivity index (χ0) is 27.3. The fraction of sp³-hybridized carbons (Fsp3) is 0.250. The maximum Gasteiger partial charge on any atom is 0.412 e. The zero-order valence-electron chi connectivity index (χ0n) is 19.9. The molecule has 192 valence electrons. The maximum atomic E-state index is 15.9. The molecule has 0 atom stereocenters. The molecule has 0 radical (unpaired) electrons. The molecule has 0 unspecified atom stereocenters. The number of thiophene rings is 1. The van der Waals surface area contributed by atoms with Crippen molar-refractivity contribution in [3.05, 3.63) is 46.6 Å². The Hall–Kier alpha value is -3.40. The van der Waals surface area contributed by atoms with Gasteiger partial charge in [0.25, 0.3) is 0 Å². The van der Waals surface area contributed by atoms with Gasteiger partial charge in [0.2, 0.25) is 15.0 Å². The van der Waals surface area contributed by atoms with Crippen LogP contribution in [0.15, 0.2) is 29.6 Å². The number of carbonyl (C=O) groups is 1. The molecule has 8 nitrogen and oxygen atoms in total. The fourth-order valence-corrected chi connectivity index (χ4v) is 5.66. The standard InChI is InChI=1S/C24H19ClF2N4O4S2/c1-5-37(33,34)22-29-10-11-8-14(25)17(18(27)19(11)30-22)12-6-7-15(26)20-16(12)13(9-28)21(36-20)31-23(32)35-24(2,3)4/h6-8,10H,5H2,1-4H3,(H,31,32). The van der Waals surface area contributed by atoms with Crippen molar-refractivity contribution in [1.82, 2.24) is 9.97 Å². The fourth-order valence-electron chi connectivity index (χ4n) is 3.59. The predicted octanol–water partition coefficient (Wildman–Crippen LogP) is 6.46. The summed E-state index contributed by atoms with van der Waals surface area (Å²) in [4.78, 5) is 20.1.